The summed E-state index contributed by atoms with van der Waals surface area (Å²) in [6.07, 6.45) is 1.50. The summed E-state index contributed by atoms with van der Waals surface area (Å²) in [5, 5.41) is 23.1. The summed E-state index contributed by atoms with van der Waals surface area (Å²) >= 11 is 0. The molecule has 8 heteroatoms. The van der Waals surface area contributed by atoms with Crippen molar-refractivity contribution in [2.75, 3.05) is 0 Å². The molecule has 160 valence electrons. The number of nitrogens with zero attached hydrogens (tertiary/aromatic N) is 2. The molecule has 4 heterocycles. The van der Waals surface area contributed by atoms with Gasteiger partial charge in [0, 0.05) is 27.3 Å². The number of aliphatic imine (C=N–C) groups is 1. The fourth-order valence-electron chi connectivity index (χ4n) is 4.50. The molecule has 0 atom stereocenters. The summed E-state index contributed by atoms with van der Waals surface area (Å²) in [7, 11) is 0. The molecule has 4 aromatic rings. The molecule has 2 aromatic heterocycles. The predicted molar refractivity (Wildman–Crippen MR) is 119 cm³/mol. The monoisotopic (exact) mass is 438 g/mol. The Kier molecular flexibility index (Phi) is 3.68. The van der Waals surface area contributed by atoms with Crippen molar-refractivity contribution in [3.63, 3.8) is 0 Å². The Morgan fingerprint density at radius 1 is 0.879 bits per heavy atom. The smallest absolute Gasteiger partial charge is 0.291 e. The highest BCUT2D eigenvalue weighted by molar-refractivity contribution is 6.37. The maximum absolute atomic E-state index is 12.7. The number of allylic oxidation sites excluding steroid dienone is 2. The molecular weight excluding hydrogens is 424 g/mol. The first-order valence-corrected chi connectivity index (χ1v) is 10.00. The normalized spacial score (nSPS) is 15.5. The molecule has 2 amide bonds. The molecular formula is C25H14N2O6. The third-order valence-corrected chi connectivity index (χ3v) is 5.92. The Hall–Kier alpha value is -4.72. The highest BCUT2D eigenvalue weighted by atomic mass is 16.5. The predicted octanol–water partition coefficient (Wildman–Crippen LogP) is 2.89. The van der Waals surface area contributed by atoms with E-state index < -0.39 is 23.7 Å². The Labute approximate surface area is 184 Å². The minimum atomic E-state index is -0.520. The molecule has 33 heavy (non-hydrogen) atoms. The molecule has 6 rings (SSSR count). The maximum atomic E-state index is 12.7. The summed E-state index contributed by atoms with van der Waals surface area (Å²) < 4.78 is 11.1. The van der Waals surface area contributed by atoms with E-state index in [2.05, 4.69) is 16.6 Å². The van der Waals surface area contributed by atoms with Crippen LogP contribution in [0.1, 0.15) is 18.1 Å². The van der Waals surface area contributed by atoms with Gasteiger partial charge in [-0.1, -0.05) is 30.9 Å². The van der Waals surface area contributed by atoms with Gasteiger partial charge in [-0.15, -0.1) is 0 Å². The van der Waals surface area contributed by atoms with Crippen molar-refractivity contribution in [1.29, 1.82) is 0 Å². The Bertz CT molecular complexity index is 1800. The number of amides is 2. The van der Waals surface area contributed by atoms with Gasteiger partial charge in [0.1, 0.15) is 11.2 Å². The highest BCUT2D eigenvalue weighted by Gasteiger charge is 2.32. The van der Waals surface area contributed by atoms with Crippen molar-refractivity contribution in [1.82, 2.24) is 0 Å². The summed E-state index contributed by atoms with van der Waals surface area (Å²) in [5.41, 5.74) is 2.18. The highest BCUT2D eigenvalue weighted by Crippen LogP contribution is 2.44. The van der Waals surface area contributed by atoms with Gasteiger partial charge in [-0.25, -0.2) is 9.98 Å². The van der Waals surface area contributed by atoms with Crippen LogP contribution in [0, 0.1) is 0 Å². The number of fused-ring (bicyclic) bond motifs is 3. The molecule has 0 unspecified atom stereocenters. The lowest BCUT2D eigenvalue weighted by molar-refractivity contribution is -0.113. The van der Waals surface area contributed by atoms with Gasteiger partial charge in [0.25, 0.3) is 23.7 Å². The van der Waals surface area contributed by atoms with Gasteiger partial charge in [0.2, 0.25) is 0 Å². The van der Waals surface area contributed by atoms with Crippen LogP contribution in [0.3, 0.4) is 0 Å². The van der Waals surface area contributed by atoms with Gasteiger partial charge >= 0.3 is 0 Å². The lowest BCUT2D eigenvalue weighted by Gasteiger charge is -2.01. The van der Waals surface area contributed by atoms with Crippen LogP contribution >= 0.6 is 0 Å². The summed E-state index contributed by atoms with van der Waals surface area (Å²) in [5.74, 6) is -1.92. The van der Waals surface area contributed by atoms with Crippen molar-refractivity contribution in [2.45, 2.75) is 6.92 Å². The van der Waals surface area contributed by atoms with E-state index >= 15 is 0 Å². The standard InChI is InChI=1S/C25H14N2O6/c1-3-11-10(2)26-22(28)18(11)20-13-8-17-14(9-16(13)32-24(20)30)21(25(31)33-17)19-12-6-4-5-7-15(12)27-23(19)29/h3-9,30-31H,1H2,2H3. The first-order valence-electron chi connectivity index (χ1n) is 10.00. The lowest BCUT2D eigenvalue weighted by atomic mass is 9.96. The van der Waals surface area contributed by atoms with Gasteiger partial charge in [0.05, 0.1) is 27.6 Å². The van der Waals surface area contributed by atoms with Crippen molar-refractivity contribution < 1.29 is 28.6 Å². The second kappa shape index (κ2) is 6.39. The third kappa shape index (κ3) is 2.45. The van der Waals surface area contributed by atoms with E-state index in [1.807, 2.05) is 0 Å². The number of rotatable bonds is 3. The molecule has 0 saturated heterocycles. The minimum Gasteiger partial charge on any atom is -0.480 e. The van der Waals surface area contributed by atoms with Crippen molar-refractivity contribution in [3.8, 4) is 11.9 Å². The lowest BCUT2D eigenvalue weighted by Crippen LogP contribution is -2.22. The summed E-state index contributed by atoms with van der Waals surface area (Å²) in [6.45, 7) is 5.41. The average Bonchev–Trinajstić information content (AvgIpc) is 3.45. The van der Waals surface area contributed by atoms with Gasteiger partial charge in [-0.2, -0.15) is 0 Å². The van der Waals surface area contributed by atoms with Crippen molar-refractivity contribution in [2.24, 2.45) is 9.98 Å². The zero-order chi connectivity index (χ0) is 23.0. The van der Waals surface area contributed by atoms with E-state index in [9.17, 15) is 19.8 Å². The number of carbonyl (C=O) groups is 2. The van der Waals surface area contributed by atoms with Crippen molar-refractivity contribution >= 4 is 50.6 Å². The number of aromatic hydroxyl groups is 2. The fraction of sp³-hybridized carbons (Fsp3) is 0.0400. The number of hydrogen-bond acceptors (Lipinski definition) is 6. The molecule has 0 fully saturated rings. The van der Waals surface area contributed by atoms with Crippen LogP contribution in [-0.4, -0.2) is 27.7 Å². The molecule has 2 aliphatic rings. The second-order valence-corrected chi connectivity index (χ2v) is 7.71. The minimum absolute atomic E-state index is 0.162. The van der Waals surface area contributed by atoms with Crippen LogP contribution < -0.4 is 10.6 Å². The van der Waals surface area contributed by atoms with Gasteiger partial charge in [-0.3, -0.25) is 9.59 Å². The first kappa shape index (κ1) is 19.0. The Balaban J connectivity index is 1.67. The van der Waals surface area contributed by atoms with Crippen LogP contribution in [-0.2, 0) is 9.59 Å². The largest absolute Gasteiger partial charge is 0.480 e. The van der Waals surface area contributed by atoms with E-state index in [0.717, 1.165) is 0 Å². The zero-order valence-corrected chi connectivity index (χ0v) is 17.2. The maximum Gasteiger partial charge on any atom is 0.291 e. The molecule has 0 aliphatic carbocycles. The van der Waals surface area contributed by atoms with Crippen LogP contribution in [0.4, 0.5) is 0 Å². The van der Waals surface area contributed by atoms with Gasteiger partial charge < -0.3 is 19.0 Å². The molecule has 8 nitrogen and oxygen atoms in total. The molecule has 2 aliphatic heterocycles. The summed E-state index contributed by atoms with van der Waals surface area (Å²) in [6, 6.07) is 10.1. The van der Waals surface area contributed by atoms with Crippen LogP contribution in [0.5, 0.6) is 11.9 Å². The molecule has 0 saturated carbocycles. The Morgan fingerprint density at radius 2 is 1.45 bits per heavy atom. The molecule has 0 spiro atoms. The number of hydrogen-bond donors (Lipinski definition) is 2. The Morgan fingerprint density at radius 3 is 2.09 bits per heavy atom. The number of carbonyl (C=O) groups excluding carboxylic acids is 2. The van der Waals surface area contributed by atoms with Gasteiger partial charge in [-0.05, 0) is 25.1 Å². The van der Waals surface area contributed by atoms with Crippen LogP contribution in [0.15, 0.2) is 73.4 Å². The first-order chi connectivity index (χ1) is 15.9. The van der Waals surface area contributed by atoms with Crippen LogP contribution in [0.2, 0.25) is 0 Å². The number of furan rings is 2. The second-order valence-electron chi connectivity index (χ2n) is 7.71. The van der Waals surface area contributed by atoms with E-state index in [0.29, 0.717) is 32.6 Å². The van der Waals surface area contributed by atoms with E-state index in [-0.39, 0.29) is 33.4 Å². The number of benzene rings is 2. The average molecular weight is 438 g/mol. The zero-order valence-electron chi connectivity index (χ0n) is 17.2. The van der Waals surface area contributed by atoms with E-state index in [1.165, 1.54) is 6.08 Å². The SMILES string of the molecule is C=CC1=C(c2c(O)oc3cc4c(C5=c6ccccc6=NC5=O)c(O)oc4cc23)C(=O)N=C1C. The van der Waals surface area contributed by atoms with Crippen molar-refractivity contribution in [3.05, 3.63) is 76.3 Å². The quantitative estimate of drug-likeness (QED) is 0.507. The van der Waals surface area contributed by atoms with E-state index in [4.69, 9.17) is 8.83 Å². The molecule has 2 aromatic carbocycles. The topological polar surface area (TPSA) is 126 Å². The van der Waals surface area contributed by atoms with Crippen LogP contribution in [0.25, 0.3) is 33.1 Å². The molecule has 0 bridgehead atoms. The third-order valence-electron chi connectivity index (χ3n) is 5.92. The number of para-hydroxylation sites is 1. The van der Waals surface area contributed by atoms with Gasteiger partial charge in [0.15, 0.2) is 0 Å². The fourth-order valence-corrected chi connectivity index (χ4v) is 4.50. The van der Waals surface area contributed by atoms with E-state index in [1.54, 1.807) is 43.3 Å². The molecule has 0 radical (unpaired) electrons. The summed E-state index contributed by atoms with van der Waals surface area (Å²) in [4.78, 5) is 33.2. The molecule has 2 N–H and O–H groups in total.